The van der Waals surface area contributed by atoms with Crippen LogP contribution in [-0.4, -0.2) is 29.9 Å². The van der Waals surface area contributed by atoms with E-state index in [1.54, 1.807) is 12.1 Å². The predicted octanol–water partition coefficient (Wildman–Crippen LogP) is 4.09. The molecule has 2 bridgehead atoms. The Morgan fingerprint density at radius 1 is 1.19 bits per heavy atom. The number of amides is 1. The van der Waals surface area contributed by atoms with E-state index in [1.807, 2.05) is 6.07 Å². The number of piperidine rings is 1. The van der Waals surface area contributed by atoms with E-state index in [1.165, 1.54) is 18.4 Å². The van der Waals surface area contributed by atoms with Crippen molar-refractivity contribution in [2.24, 2.45) is 11.8 Å². The van der Waals surface area contributed by atoms with Crippen molar-refractivity contribution in [2.75, 3.05) is 18.8 Å². The molecule has 4 nitrogen and oxygen atoms in total. The molecule has 1 saturated carbocycles. The van der Waals surface area contributed by atoms with Crippen molar-refractivity contribution in [3.8, 4) is 0 Å². The standard InChI is InChI=1S/C21H24BrN3O.ClH/c22-16-7-8-19(23)17(10-16)21(26)24-11-18-15-6-9-20(18)25(13-15)12-14-4-2-1-3-5-14;/h1-5,7-8,10,15,18,20H,6,9,11-13,23H2,(H,24,26);1H. The van der Waals surface area contributed by atoms with Gasteiger partial charge in [-0.2, -0.15) is 0 Å². The van der Waals surface area contributed by atoms with Crippen molar-refractivity contribution in [2.45, 2.75) is 25.4 Å². The van der Waals surface area contributed by atoms with Gasteiger partial charge in [-0.25, -0.2) is 0 Å². The summed E-state index contributed by atoms with van der Waals surface area (Å²) in [4.78, 5) is 15.1. The number of carbonyl (C=O) groups is 1. The molecule has 2 aromatic rings. The Hall–Kier alpha value is -1.56. The number of likely N-dealkylation sites (tertiary alicyclic amines) is 1. The number of halogens is 2. The lowest BCUT2D eigenvalue weighted by atomic mass is 9.98. The minimum Gasteiger partial charge on any atom is -0.398 e. The number of nitrogens with one attached hydrogen (secondary N) is 1. The molecule has 6 heteroatoms. The molecule has 1 aliphatic heterocycles. The van der Waals surface area contributed by atoms with E-state index in [-0.39, 0.29) is 18.3 Å². The van der Waals surface area contributed by atoms with Crippen LogP contribution in [0.25, 0.3) is 0 Å². The minimum atomic E-state index is -0.0790. The highest BCUT2D eigenvalue weighted by atomic mass is 79.9. The molecule has 3 atom stereocenters. The summed E-state index contributed by atoms with van der Waals surface area (Å²) in [7, 11) is 0. The molecule has 4 rings (SSSR count). The second kappa shape index (κ2) is 8.63. The molecule has 2 aliphatic rings. The zero-order valence-electron chi connectivity index (χ0n) is 15.1. The lowest BCUT2D eigenvalue weighted by Gasteiger charge is -2.27. The largest absolute Gasteiger partial charge is 0.398 e. The molecule has 2 fully saturated rings. The average molecular weight is 451 g/mol. The first-order valence-corrected chi connectivity index (χ1v) is 10.0. The summed E-state index contributed by atoms with van der Waals surface area (Å²) in [6.45, 7) is 2.87. The molecule has 1 saturated heterocycles. The van der Waals surface area contributed by atoms with Crippen LogP contribution in [0.5, 0.6) is 0 Å². The number of nitrogens with zero attached hydrogens (tertiary/aromatic N) is 1. The number of nitrogens with two attached hydrogens (primary N) is 1. The number of anilines is 1. The Kier molecular flexibility index (Phi) is 6.45. The third kappa shape index (κ3) is 4.31. The minimum absolute atomic E-state index is 0. The average Bonchev–Trinajstić information content (AvgIpc) is 3.19. The SMILES string of the molecule is Cl.Nc1ccc(Br)cc1C(=O)NCC1C2CCC1N(Cc1ccccc1)C2. The number of carbonyl (C=O) groups excluding carboxylic acids is 1. The van der Waals surface area contributed by atoms with Crippen LogP contribution in [0.15, 0.2) is 53.0 Å². The zero-order chi connectivity index (χ0) is 18.1. The predicted molar refractivity (Wildman–Crippen MR) is 115 cm³/mol. The van der Waals surface area contributed by atoms with E-state index in [4.69, 9.17) is 5.73 Å². The van der Waals surface area contributed by atoms with E-state index in [9.17, 15) is 4.79 Å². The van der Waals surface area contributed by atoms with Gasteiger partial charge in [0.1, 0.15) is 0 Å². The Balaban J connectivity index is 0.00000210. The summed E-state index contributed by atoms with van der Waals surface area (Å²) in [5.41, 5.74) is 8.39. The van der Waals surface area contributed by atoms with Crippen molar-refractivity contribution in [3.05, 3.63) is 64.1 Å². The second-order valence-corrected chi connectivity index (χ2v) is 8.34. The van der Waals surface area contributed by atoms with Gasteiger partial charge in [-0.1, -0.05) is 46.3 Å². The molecule has 0 aromatic heterocycles. The maximum Gasteiger partial charge on any atom is 0.253 e. The fraction of sp³-hybridized carbons (Fsp3) is 0.381. The number of hydrogen-bond acceptors (Lipinski definition) is 3. The first kappa shape index (κ1) is 20.2. The Labute approximate surface area is 175 Å². The van der Waals surface area contributed by atoms with E-state index < -0.39 is 0 Å². The summed E-state index contributed by atoms with van der Waals surface area (Å²) < 4.78 is 0.867. The molecule has 0 spiro atoms. The molecule has 144 valence electrons. The number of benzene rings is 2. The quantitative estimate of drug-likeness (QED) is 0.675. The monoisotopic (exact) mass is 449 g/mol. The lowest BCUT2D eigenvalue weighted by molar-refractivity contribution is 0.0944. The summed E-state index contributed by atoms with van der Waals surface area (Å²) in [5.74, 6) is 1.14. The number of rotatable bonds is 5. The smallest absolute Gasteiger partial charge is 0.253 e. The maximum atomic E-state index is 12.6. The Morgan fingerprint density at radius 3 is 2.74 bits per heavy atom. The van der Waals surface area contributed by atoms with Gasteiger partial charge in [-0.3, -0.25) is 9.69 Å². The normalized spacial score (nSPS) is 23.8. The van der Waals surface area contributed by atoms with Gasteiger partial charge in [0.15, 0.2) is 0 Å². The van der Waals surface area contributed by atoms with Gasteiger partial charge < -0.3 is 11.1 Å². The molecule has 1 amide bonds. The van der Waals surface area contributed by atoms with Crippen molar-refractivity contribution in [3.63, 3.8) is 0 Å². The molecular weight excluding hydrogens is 426 g/mol. The highest BCUT2D eigenvalue weighted by Crippen LogP contribution is 2.43. The van der Waals surface area contributed by atoms with Crippen LogP contribution in [0.3, 0.4) is 0 Å². The van der Waals surface area contributed by atoms with E-state index >= 15 is 0 Å². The summed E-state index contributed by atoms with van der Waals surface area (Å²) in [6, 6.07) is 16.6. The van der Waals surface area contributed by atoms with Gasteiger partial charge in [-0.15, -0.1) is 12.4 Å². The second-order valence-electron chi connectivity index (χ2n) is 7.43. The van der Waals surface area contributed by atoms with Gasteiger partial charge in [-0.05, 0) is 48.4 Å². The number of fused-ring (bicyclic) bond motifs is 2. The molecule has 3 N–H and O–H groups in total. The molecule has 1 aliphatic carbocycles. The molecule has 27 heavy (non-hydrogen) atoms. The van der Waals surface area contributed by atoms with Crippen LogP contribution in [0.4, 0.5) is 5.69 Å². The summed E-state index contributed by atoms with van der Waals surface area (Å²) in [5, 5.41) is 3.13. The van der Waals surface area contributed by atoms with Crippen LogP contribution in [0.1, 0.15) is 28.8 Å². The van der Waals surface area contributed by atoms with Gasteiger partial charge >= 0.3 is 0 Å². The molecule has 2 aromatic carbocycles. The first-order chi connectivity index (χ1) is 12.6. The van der Waals surface area contributed by atoms with E-state index in [0.717, 1.165) is 24.1 Å². The van der Waals surface area contributed by atoms with Gasteiger partial charge in [0.25, 0.3) is 5.91 Å². The fourth-order valence-corrected chi connectivity index (χ4v) is 4.94. The third-order valence-electron chi connectivity index (χ3n) is 5.86. The summed E-state index contributed by atoms with van der Waals surface area (Å²) >= 11 is 3.41. The van der Waals surface area contributed by atoms with E-state index in [0.29, 0.717) is 29.1 Å². The van der Waals surface area contributed by atoms with Crippen molar-refractivity contribution in [1.29, 1.82) is 0 Å². The maximum absolute atomic E-state index is 12.6. The Morgan fingerprint density at radius 2 is 1.96 bits per heavy atom. The van der Waals surface area contributed by atoms with Crippen molar-refractivity contribution in [1.82, 2.24) is 10.2 Å². The van der Waals surface area contributed by atoms with Crippen LogP contribution >= 0.6 is 28.3 Å². The topological polar surface area (TPSA) is 58.4 Å². The summed E-state index contributed by atoms with van der Waals surface area (Å²) in [6.07, 6.45) is 2.51. The van der Waals surface area contributed by atoms with Crippen molar-refractivity contribution < 1.29 is 4.79 Å². The molecule has 3 unspecified atom stereocenters. The lowest BCUT2D eigenvalue weighted by Crippen LogP contribution is -2.36. The molecular formula is C21H25BrClN3O. The first-order valence-electron chi connectivity index (χ1n) is 9.23. The molecule has 1 heterocycles. The highest BCUT2D eigenvalue weighted by molar-refractivity contribution is 9.10. The number of nitrogen functional groups attached to an aromatic ring is 1. The Bertz CT molecular complexity index is 801. The van der Waals surface area contributed by atoms with Crippen LogP contribution in [0.2, 0.25) is 0 Å². The van der Waals surface area contributed by atoms with Crippen LogP contribution in [0, 0.1) is 11.8 Å². The third-order valence-corrected chi connectivity index (χ3v) is 6.35. The molecule has 0 radical (unpaired) electrons. The van der Waals surface area contributed by atoms with Crippen LogP contribution < -0.4 is 11.1 Å². The van der Waals surface area contributed by atoms with Crippen LogP contribution in [-0.2, 0) is 6.54 Å². The zero-order valence-corrected chi connectivity index (χ0v) is 17.5. The van der Waals surface area contributed by atoms with Gasteiger partial charge in [0.05, 0.1) is 5.56 Å². The van der Waals surface area contributed by atoms with Gasteiger partial charge in [0.2, 0.25) is 0 Å². The fourth-order valence-electron chi connectivity index (χ4n) is 4.58. The van der Waals surface area contributed by atoms with E-state index in [2.05, 4.69) is 56.5 Å². The highest BCUT2D eigenvalue weighted by Gasteiger charge is 2.46. The van der Waals surface area contributed by atoms with Gasteiger partial charge in [0, 0.05) is 35.8 Å². The van der Waals surface area contributed by atoms with Crippen molar-refractivity contribution >= 4 is 39.9 Å². The number of hydrogen-bond donors (Lipinski definition) is 2.